The summed E-state index contributed by atoms with van der Waals surface area (Å²) in [5, 5.41) is 6.78. The smallest absolute Gasteiger partial charge is 0.245 e. The van der Waals surface area contributed by atoms with Crippen LogP contribution >= 0.6 is 0 Å². The molecule has 2 saturated heterocycles. The Labute approximate surface area is 165 Å². The Morgan fingerprint density at radius 1 is 1.18 bits per heavy atom. The fourth-order valence-corrected chi connectivity index (χ4v) is 4.30. The number of rotatable bonds is 5. The van der Waals surface area contributed by atoms with Gasteiger partial charge < -0.3 is 9.64 Å². The molecule has 0 aliphatic carbocycles. The molecule has 0 aromatic carbocycles. The number of hydrogen-bond acceptors (Lipinski definition) is 6. The third kappa shape index (κ3) is 3.49. The number of piperidine rings is 1. The van der Waals surface area contributed by atoms with Crippen molar-refractivity contribution in [3.8, 4) is 17.0 Å². The Hall–Kier alpha value is -2.45. The minimum Gasteiger partial charge on any atom is -0.480 e. The van der Waals surface area contributed by atoms with Gasteiger partial charge in [0.05, 0.1) is 19.3 Å². The number of aromatic nitrogens is 3. The Morgan fingerprint density at radius 3 is 2.61 bits per heavy atom. The third-order valence-electron chi connectivity index (χ3n) is 5.97. The highest BCUT2D eigenvalue weighted by molar-refractivity contribution is 5.99. The van der Waals surface area contributed by atoms with E-state index in [-0.39, 0.29) is 11.9 Å². The van der Waals surface area contributed by atoms with E-state index in [1.54, 1.807) is 24.4 Å². The Bertz CT molecular complexity index is 814. The summed E-state index contributed by atoms with van der Waals surface area (Å²) >= 11 is 0. The maximum absolute atomic E-state index is 13.1. The molecule has 150 valence electrons. The molecule has 1 unspecified atom stereocenters. The van der Waals surface area contributed by atoms with Gasteiger partial charge in [-0.15, -0.1) is 0 Å². The van der Waals surface area contributed by atoms with Gasteiger partial charge in [-0.1, -0.05) is 0 Å². The van der Waals surface area contributed by atoms with Gasteiger partial charge in [0, 0.05) is 43.0 Å². The Kier molecular flexibility index (Phi) is 5.32. The van der Waals surface area contributed by atoms with Gasteiger partial charge in [0.2, 0.25) is 11.8 Å². The molecule has 28 heavy (non-hydrogen) atoms. The Balaban J connectivity index is 1.48. The van der Waals surface area contributed by atoms with Crippen LogP contribution in [0.3, 0.4) is 0 Å². The zero-order valence-corrected chi connectivity index (χ0v) is 16.8. The highest BCUT2D eigenvalue weighted by Crippen LogP contribution is 2.32. The third-order valence-corrected chi connectivity index (χ3v) is 5.97. The predicted octanol–water partition coefficient (Wildman–Crippen LogP) is 1.61. The first-order valence-electron chi connectivity index (χ1n) is 9.84. The van der Waals surface area contributed by atoms with Crippen LogP contribution in [0.2, 0.25) is 0 Å². The van der Waals surface area contributed by atoms with Crippen LogP contribution in [0.15, 0.2) is 24.5 Å². The second-order valence-electron chi connectivity index (χ2n) is 7.74. The summed E-state index contributed by atoms with van der Waals surface area (Å²) in [5.74, 6) is 1.30. The highest BCUT2D eigenvalue weighted by Gasteiger charge is 2.38. The molecular formula is C20H28N6O2. The van der Waals surface area contributed by atoms with Gasteiger partial charge in [0.25, 0.3) is 0 Å². The molecule has 4 rings (SSSR count). The van der Waals surface area contributed by atoms with Crippen molar-refractivity contribution in [3.63, 3.8) is 0 Å². The normalized spacial score (nSPS) is 21.6. The fraction of sp³-hybridized carbons (Fsp3) is 0.550. The minimum atomic E-state index is -0.0375. The molecule has 2 fully saturated rings. The lowest BCUT2D eigenvalue weighted by Crippen LogP contribution is -2.49. The lowest BCUT2D eigenvalue weighted by molar-refractivity contribution is -0.122. The van der Waals surface area contributed by atoms with Crippen molar-refractivity contribution in [1.82, 2.24) is 25.0 Å². The monoisotopic (exact) mass is 384 g/mol. The molecule has 2 aromatic rings. The van der Waals surface area contributed by atoms with Crippen molar-refractivity contribution in [2.45, 2.75) is 31.3 Å². The maximum Gasteiger partial charge on any atom is 0.245 e. The zero-order chi connectivity index (χ0) is 19.7. The van der Waals surface area contributed by atoms with Crippen molar-refractivity contribution >= 4 is 11.7 Å². The number of nitrogens with one attached hydrogen (secondary N) is 1. The zero-order valence-electron chi connectivity index (χ0n) is 16.8. The molecular weight excluding hydrogens is 356 g/mol. The molecule has 0 spiro atoms. The molecule has 0 bridgehead atoms. The van der Waals surface area contributed by atoms with Gasteiger partial charge in [-0.25, -0.2) is 0 Å². The fourth-order valence-electron chi connectivity index (χ4n) is 4.30. The second kappa shape index (κ2) is 7.89. The standard InChI is InChI=1S/C20H28N6O2/c1-24(2)15-6-9-25(10-7-15)17-8-11-26(20(17)27)18-5-4-16(19(23-18)28-3)14-12-21-22-13-14/h4-5,12-13,15,17H,6-11H2,1-3H3,(H,21,22). The van der Waals surface area contributed by atoms with Crippen LogP contribution in [0.4, 0.5) is 5.82 Å². The van der Waals surface area contributed by atoms with Crippen LogP contribution in [0.25, 0.3) is 11.1 Å². The van der Waals surface area contributed by atoms with E-state index in [4.69, 9.17) is 4.74 Å². The summed E-state index contributed by atoms with van der Waals surface area (Å²) in [6.45, 7) is 2.64. The summed E-state index contributed by atoms with van der Waals surface area (Å²) in [7, 11) is 5.86. The topological polar surface area (TPSA) is 77.6 Å². The molecule has 0 radical (unpaired) electrons. The van der Waals surface area contributed by atoms with Crippen LogP contribution < -0.4 is 9.64 Å². The number of carbonyl (C=O) groups excluding carboxylic acids is 1. The van der Waals surface area contributed by atoms with E-state index in [1.165, 1.54) is 0 Å². The van der Waals surface area contributed by atoms with E-state index in [1.807, 2.05) is 12.1 Å². The molecule has 8 heteroatoms. The SMILES string of the molecule is COc1nc(N2CCC(N3CCC(N(C)C)CC3)C2=O)ccc1-c1cn[nH]c1. The molecule has 1 amide bonds. The molecule has 0 saturated carbocycles. The number of pyridine rings is 1. The lowest BCUT2D eigenvalue weighted by Gasteiger charge is -2.37. The van der Waals surface area contributed by atoms with Crippen molar-refractivity contribution < 1.29 is 9.53 Å². The summed E-state index contributed by atoms with van der Waals surface area (Å²) in [6.07, 6.45) is 6.60. The van der Waals surface area contributed by atoms with E-state index < -0.39 is 0 Å². The molecule has 2 aliphatic heterocycles. The number of anilines is 1. The van der Waals surface area contributed by atoms with Crippen LogP contribution in [-0.2, 0) is 4.79 Å². The van der Waals surface area contributed by atoms with Crippen molar-refractivity contribution in [2.75, 3.05) is 45.7 Å². The number of hydrogen-bond donors (Lipinski definition) is 1. The molecule has 1 N–H and O–H groups in total. The molecule has 8 nitrogen and oxygen atoms in total. The van der Waals surface area contributed by atoms with E-state index in [9.17, 15) is 4.79 Å². The van der Waals surface area contributed by atoms with E-state index in [0.29, 0.717) is 24.3 Å². The van der Waals surface area contributed by atoms with Crippen molar-refractivity contribution in [3.05, 3.63) is 24.5 Å². The summed E-state index contributed by atoms with van der Waals surface area (Å²) in [5.41, 5.74) is 1.76. The number of H-pyrrole nitrogens is 1. The van der Waals surface area contributed by atoms with Gasteiger partial charge in [0.1, 0.15) is 5.82 Å². The molecule has 2 aliphatic rings. The average Bonchev–Trinajstić information content (AvgIpc) is 3.37. The van der Waals surface area contributed by atoms with Gasteiger partial charge in [-0.2, -0.15) is 10.1 Å². The van der Waals surface area contributed by atoms with Gasteiger partial charge in [-0.3, -0.25) is 19.7 Å². The number of methoxy groups -OCH3 is 1. The van der Waals surface area contributed by atoms with Crippen molar-refractivity contribution in [1.29, 1.82) is 0 Å². The molecule has 4 heterocycles. The number of ether oxygens (including phenoxy) is 1. The van der Waals surface area contributed by atoms with Gasteiger partial charge in [0.15, 0.2) is 0 Å². The summed E-state index contributed by atoms with van der Waals surface area (Å²) in [4.78, 5) is 24.2. The average molecular weight is 384 g/mol. The highest BCUT2D eigenvalue weighted by atomic mass is 16.5. The largest absolute Gasteiger partial charge is 0.480 e. The van der Waals surface area contributed by atoms with Gasteiger partial charge >= 0.3 is 0 Å². The summed E-state index contributed by atoms with van der Waals surface area (Å²) in [6, 6.07) is 4.41. The lowest BCUT2D eigenvalue weighted by atomic mass is 10.0. The van der Waals surface area contributed by atoms with E-state index in [2.05, 4.69) is 39.1 Å². The van der Waals surface area contributed by atoms with Crippen molar-refractivity contribution in [2.24, 2.45) is 0 Å². The number of likely N-dealkylation sites (tertiary alicyclic amines) is 1. The van der Waals surface area contributed by atoms with E-state index in [0.717, 1.165) is 43.5 Å². The van der Waals surface area contributed by atoms with Crippen LogP contribution in [-0.4, -0.2) is 83.8 Å². The van der Waals surface area contributed by atoms with Crippen LogP contribution in [0.5, 0.6) is 5.88 Å². The van der Waals surface area contributed by atoms with Gasteiger partial charge in [-0.05, 0) is 45.5 Å². The molecule has 1 atom stereocenters. The first-order valence-corrected chi connectivity index (χ1v) is 9.84. The Morgan fingerprint density at radius 2 is 1.96 bits per heavy atom. The molecule has 2 aromatic heterocycles. The first kappa shape index (κ1) is 18.9. The summed E-state index contributed by atoms with van der Waals surface area (Å²) < 4.78 is 5.48. The quantitative estimate of drug-likeness (QED) is 0.844. The predicted molar refractivity (Wildman–Crippen MR) is 107 cm³/mol. The van der Waals surface area contributed by atoms with Crippen LogP contribution in [0, 0.1) is 0 Å². The number of nitrogens with zero attached hydrogens (tertiary/aromatic N) is 5. The first-order chi connectivity index (χ1) is 13.6. The van der Waals surface area contributed by atoms with E-state index >= 15 is 0 Å². The number of amides is 1. The van der Waals surface area contributed by atoms with Crippen LogP contribution in [0.1, 0.15) is 19.3 Å². The minimum absolute atomic E-state index is 0.0375. The number of aromatic amines is 1. The maximum atomic E-state index is 13.1. The number of carbonyl (C=O) groups is 1. The second-order valence-corrected chi connectivity index (χ2v) is 7.74.